The number of likely N-dealkylation sites (N-methyl/N-ethyl adjacent to an activating group) is 1. The van der Waals surface area contributed by atoms with Gasteiger partial charge in [-0.15, -0.1) is 0 Å². The van der Waals surface area contributed by atoms with Crippen LogP contribution in [0.3, 0.4) is 0 Å². The van der Waals surface area contributed by atoms with Gasteiger partial charge in [-0.2, -0.15) is 11.8 Å². The molecule has 0 spiro atoms. The highest BCUT2D eigenvalue weighted by Gasteiger charge is 2.21. The highest BCUT2D eigenvalue weighted by Crippen LogP contribution is 2.16. The predicted molar refractivity (Wildman–Crippen MR) is 113 cm³/mol. The lowest BCUT2D eigenvalue weighted by Crippen LogP contribution is -2.46. The molecule has 5 nitrogen and oxygen atoms in total. The molecule has 0 saturated carbocycles. The molecule has 26 heavy (non-hydrogen) atoms. The molecule has 2 rings (SSSR count). The van der Waals surface area contributed by atoms with Gasteiger partial charge in [0.1, 0.15) is 0 Å². The van der Waals surface area contributed by atoms with Crippen molar-refractivity contribution in [3.63, 3.8) is 0 Å². The third-order valence-corrected chi connectivity index (χ3v) is 6.01. The predicted octanol–water partition coefficient (Wildman–Crippen LogP) is 3.50. The van der Waals surface area contributed by atoms with Crippen molar-refractivity contribution in [3.8, 4) is 0 Å². The minimum atomic E-state index is -0.0430. The van der Waals surface area contributed by atoms with E-state index in [1.807, 2.05) is 24.3 Å². The second-order valence-electron chi connectivity index (χ2n) is 6.44. The minimum absolute atomic E-state index is 0.0430. The lowest BCUT2D eigenvalue weighted by molar-refractivity contribution is -0.121. The first-order valence-electron chi connectivity index (χ1n) is 9.22. The molecule has 1 aliphatic heterocycles. The van der Waals surface area contributed by atoms with Crippen molar-refractivity contribution in [2.75, 3.05) is 36.5 Å². The Hall–Kier alpha value is -1.05. The summed E-state index contributed by atoms with van der Waals surface area (Å²) in [6.07, 6.45) is 4.13. The number of thioether (sulfide) groups is 1. The number of piperidine rings is 1. The Morgan fingerprint density at radius 3 is 2.73 bits per heavy atom. The van der Waals surface area contributed by atoms with Crippen LogP contribution in [0.25, 0.3) is 0 Å². The first-order chi connectivity index (χ1) is 12.6. The number of hydrogen-bond donors (Lipinski definition) is 2. The molecular formula is C19H28BrN3O2S. The topological polar surface area (TPSA) is 61.4 Å². The van der Waals surface area contributed by atoms with Gasteiger partial charge < -0.3 is 10.6 Å². The first-order valence-corrected chi connectivity index (χ1v) is 11.2. The zero-order valence-electron chi connectivity index (χ0n) is 15.3. The normalized spacial score (nSPS) is 17.7. The molecule has 1 heterocycles. The van der Waals surface area contributed by atoms with Crippen molar-refractivity contribution in [1.29, 1.82) is 0 Å². The summed E-state index contributed by atoms with van der Waals surface area (Å²) in [5, 5.41) is 5.90. The van der Waals surface area contributed by atoms with Crippen LogP contribution in [0.15, 0.2) is 28.7 Å². The van der Waals surface area contributed by atoms with Crippen molar-refractivity contribution in [1.82, 2.24) is 10.2 Å². The molecule has 0 aromatic heterocycles. The van der Waals surface area contributed by atoms with Crippen molar-refractivity contribution < 1.29 is 9.59 Å². The number of carbonyl (C=O) groups is 2. The first kappa shape index (κ1) is 21.3. The van der Waals surface area contributed by atoms with Gasteiger partial charge in [-0.25, -0.2) is 0 Å². The van der Waals surface area contributed by atoms with Gasteiger partial charge in [0.05, 0.1) is 5.75 Å². The number of nitrogens with zero attached hydrogens (tertiary/aromatic N) is 1. The number of hydrogen-bond acceptors (Lipinski definition) is 4. The summed E-state index contributed by atoms with van der Waals surface area (Å²) in [5.74, 6) is 1.04. The Bertz CT molecular complexity index is 583. The SMILES string of the molecule is CCN1CCCCC1CNC(=O)CCSCC(=O)Nc1ccc(Br)cc1. The Morgan fingerprint density at radius 2 is 2.00 bits per heavy atom. The third-order valence-electron chi connectivity index (χ3n) is 4.52. The average molecular weight is 442 g/mol. The smallest absolute Gasteiger partial charge is 0.234 e. The van der Waals surface area contributed by atoms with Gasteiger partial charge in [-0.3, -0.25) is 14.5 Å². The summed E-state index contributed by atoms with van der Waals surface area (Å²) >= 11 is 4.85. The molecule has 1 aromatic carbocycles. The molecule has 7 heteroatoms. The third kappa shape index (κ3) is 7.68. The quantitative estimate of drug-likeness (QED) is 0.575. The van der Waals surface area contributed by atoms with E-state index < -0.39 is 0 Å². The largest absolute Gasteiger partial charge is 0.355 e. The van der Waals surface area contributed by atoms with E-state index in [1.54, 1.807) is 0 Å². The van der Waals surface area contributed by atoms with Gasteiger partial charge in [0.15, 0.2) is 0 Å². The Kier molecular flexibility index (Phi) is 9.50. The van der Waals surface area contributed by atoms with Crippen LogP contribution >= 0.6 is 27.7 Å². The summed E-state index contributed by atoms with van der Waals surface area (Å²) in [5.41, 5.74) is 0.782. The van der Waals surface area contributed by atoms with Gasteiger partial charge in [-0.05, 0) is 50.2 Å². The maximum Gasteiger partial charge on any atom is 0.234 e. The number of rotatable bonds is 9. The van der Waals surface area contributed by atoms with Gasteiger partial charge in [0, 0.05) is 34.9 Å². The van der Waals surface area contributed by atoms with Gasteiger partial charge in [0.25, 0.3) is 0 Å². The second kappa shape index (κ2) is 11.6. The highest BCUT2D eigenvalue weighted by atomic mass is 79.9. The molecule has 2 amide bonds. The van der Waals surface area contributed by atoms with E-state index in [-0.39, 0.29) is 11.8 Å². The Morgan fingerprint density at radius 1 is 1.23 bits per heavy atom. The van der Waals surface area contributed by atoms with Gasteiger partial charge in [-0.1, -0.05) is 29.3 Å². The number of benzene rings is 1. The van der Waals surface area contributed by atoms with E-state index in [4.69, 9.17) is 0 Å². The van der Waals surface area contributed by atoms with Gasteiger partial charge in [0.2, 0.25) is 11.8 Å². The Labute approximate surface area is 168 Å². The minimum Gasteiger partial charge on any atom is -0.355 e. The molecule has 1 saturated heterocycles. The van der Waals surface area contributed by atoms with Crippen LogP contribution in [0.1, 0.15) is 32.6 Å². The zero-order chi connectivity index (χ0) is 18.8. The van der Waals surface area contributed by atoms with Crippen LogP contribution < -0.4 is 10.6 Å². The molecule has 1 atom stereocenters. The second-order valence-corrected chi connectivity index (χ2v) is 8.46. The van der Waals surface area contributed by atoms with Crippen LogP contribution in [0.2, 0.25) is 0 Å². The Balaban J connectivity index is 1.56. The molecule has 0 radical (unpaired) electrons. The molecule has 0 aliphatic carbocycles. The van der Waals surface area contributed by atoms with E-state index in [0.29, 0.717) is 24.0 Å². The summed E-state index contributed by atoms with van der Waals surface area (Å²) < 4.78 is 0.978. The molecule has 144 valence electrons. The summed E-state index contributed by atoms with van der Waals surface area (Å²) in [7, 11) is 0. The number of nitrogens with one attached hydrogen (secondary N) is 2. The van der Waals surface area contributed by atoms with Gasteiger partial charge >= 0.3 is 0 Å². The fourth-order valence-electron chi connectivity index (χ4n) is 3.09. The maximum atomic E-state index is 12.0. The number of anilines is 1. The number of halogens is 1. The molecule has 1 unspecified atom stereocenters. The number of carbonyl (C=O) groups excluding carboxylic acids is 2. The number of amides is 2. The monoisotopic (exact) mass is 441 g/mol. The highest BCUT2D eigenvalue weighted by molar-refractivity contribution is 9.10. The average Bonchev–Trinajstić information content (AvgIpc) is 2.65. The van der Waals surface area contributed by atoms with Crippen LogP contribution in [0, 0.1) is 0 Å². The van der Waals surface area contributed by atoms with Crippen molar-refractivity contribution in [3.05, 3.63) is 28.7 Å². The van der Waals surface area contributed by atoms with E-state index in [1.165, 1.54) is 31.0 Å². The van der Waals surface area contributed by atoms with Crippen molar-refractivity contribution >= 4 is 45.2 Å². The molecule has 2 N–H and O–H groups in total. The lowest BCUT2D eigenvalue weighted by atomic mass is 10.0. The number of likely N-dealkylation sites (tertiary alicyclic amines) is 1. The van der Waals surface area contributed by atoms with E-state index in [9.17, 15) is 9.59 Å². The van der Waals surface area contributed by atoms with E-state index in [0.717, 1.165) is 29.8 Å². The zero-order valence-corrected chi connectivity index (χ0v) is 17.7. The summed E-state index contributed by atoms with van der Waals surface area (Å²) in [4.78, 5) is 26.3. The molecule has 1 aliphatic rings. The van der Waals surface area contributed by atoms with Crippen molar-refractivity contribution in [2.45, 2.75) is 38.6 Å². The summed E-state index contributed by atoms with van der Waals surface area (Å²) in [6, 6.07) is 7.95. The van der Waals surface area contributed by atoms with E-state index >= 15 is 0 Å². The van der Waals surface area contributed by atoms with Crippen LogP contribution in [-0.4, -0.2) is 53.9 Å². The van der Waals surface area contributed by atoms with E-state index in [2.05, 4.69) is 38.4 Å². The fraction of sp³-hybridized carbons (Fsp3) is 0.579. The molecule has 1 fully saturated rings. The van der Waals surface area contributed by atoms with Crippen LogP contribution in [-0.2, 0) is 9.59 Å². The molecule has 1 aromatic rings. The standard InChI is InChI=1S/C19H28BrN3O2S/c1-2-23-11-4-3-5-17(23)13-21-18(24)10-12-26-14-19(25)22-16-8-6-15(20)7-9-16/h6-9,17H,2-5,10-14H2,1H3,(H,21,24)(H,22,25). The van der Waals surface area contributed by atoms with Crippen molar-refractivity contribution in [2.24, 2.45) is 0 Å². The fourth-order valence-corrected chi connectivity index (χ4v) is 4.08. The summed E-state index contributed by atoms with van der Waals surface area (Å²) in [6.45, 7) is 5.10. The molecular weight excluding hydrogens is 414 g/mol. The van der Waals surface area contributed by atoms with Crippen LogP contribution in [0.4, 0.5) is 5.69 Å². The maximum absolute atomic E-state index is 12.0. The lowest BCUT2D eigenvalue weighted by Gasteiger charge is -2.34. The van der Waals surface area contributed by atoms with Crippen LogP contribution in [0.5, 0.6) is 0 Å². The molecule has 0 bridgehead atoms.